The van der Waals surface area contributed by atoms with E-state index in [2.05, 4.69) is 18.5 Å². The van der Waals surface area contributed by atoms with E-state index in [0.717, 1.165) is 0 Å². The van der Waals surface area contributed by atoms with Gasteiger partial charge < -0.3 is 52.7 Å². The molecule has 11 atom stereocenters. The average Bonchev–Trinajstić information content (AvgIpc) is 3.68. The molecule has 4 saturated heterocycles. The molecule has 0 radical (unpaired) electrons. The first-order valence-corrected chi connectivity index (χ1v) is 16.6. The number of carbonyl (C=O) groups is 3. The molecule has 4 aliphatic rings. The first kappa shape index (κ1) is 39.2. The van der Waals surface area contributed by atoms with Crippen LogP contribution in [0.5, 0.6) is 0 Å². The highest BCUT2D eigenvalue weighted by Gasteiger charge is 2.60. The van der Waals surface area contributed by atoms with Crippen LogP contribution in [0.15, 0.2) is 25.3 Å². The molecular weight excluding hydrogens is 644 g/mol. The van der Waals surface area contributed by atoms with Crippen LogP contribution in [0.2, 0.25) is 0 Å². The van der Waals surface area contributed by atoms with Crippen molar-refractivity contribution in [3.63, 3.8) is 0 Å². The number of methoxy groups -OCH3 is 3. The molecule has 278 valence electrons. The van der Waals surface area contributed by atoms with E-state index in [1.807, 2.05) is 0 Å². The number of allylic oxidation sites excluding steroid dienone is 1. The predicted octanol–water partition coefficient (Wildman–Crippen LogP) is 2.80. The Balaban J connectivity index is 1.69. The summed E-state index contributed by atoms with van der Waals surface area (Å²) in [6.45, 7) is 19.9. The highest BCUT2D eigenvalue weighted by molar-refractivity contribution is 5.80. The van der Waals surface area contributed by atoms with Gasteiger partial charge in [-0.1, -0.05) is 12.2 Å². The summed E-state index contributed by atoms with van der Waals surface area (Å²) in [6.07, 6.45) is -3.92. The van der Waals surface area contributed by atoms with Gasteiger partial charge in [-0.3, -0.25) is 14.5 Å². The fourth-order valence-electron chi connectivity index (χ4n) is 6.92. The predicted molar refractivity (Wildman–Crippen MR) is 173 cm³/mol. The first-order chi connectivity index (χ1) is 22.9. The van der Waals surface area contributed by atoms with Gasteiger partial charge in [0.15, 0.2) is 24.2 Å². The van der Waals surface area contributed by atoms with Crippen LogP contribution < -0.4 is 5.32 Å². The molecule has 2 amide bonds. The third kappa shape index (κ3) is 8.82. The Morgan fingerprint density at radius 3 is 1.86 bits per heavy atom. The number of fused-ring (bicyclic) bond motifs is 2. The summed E-state index contributed by atoms with van der Waals surface area (Å²) in [5, 5.41) is 3.00. The van der Waals surface area contributed by atoms with Gasteiger partial charge in [0.2, 0.25) is 5.91 Å². The molecule has 1 N–H and O–H groups in total. The lowest BCUT2D eigenvalue weighted by atomic mass is 9.88. The lowest BCUT2D eigenvalue weighted by Crippen LogP contribution is -2.58. The van der Waals surface area contributed by atoms with Gasteiger partial charge in [-0.25, -0.2) is 4.79 Å². The van der Waals surface area contributed by atoms with Crippen LogP contribution in [0.3, 0.4) is 0 Å². The SMILES string of the molecule is C=CC[C@H](C(=O)OC)[C@H](NC(=O)C[C@@H]([C@H]1O[C@@H]2OC(C)(C)O[C@@H]2[C@H]1OC)N(CC=C)C(=O)OC(C)(C)C)[C@H]1O[C@@H]2OC(C)(C)O[C@@H]2[C@H]1OC. The van der Waals surface area contributed by atoms with Crippen LogP contribution in [-0.4, -0.2) is 129 Å². The maximum absolute atomic E-state index is 14.3. The second-order valence-electron chi connectivity index (χ2n) is 14.5. The average molecular weight is 699 g/mol. The largest absolute Gasteiger partial charge is 0.469 e. The molecule has 0 aromatic heterocycles. The van der Waals surface area contributed by atoms with Gasteiger partial charge in [-0.2, -0.15) is 0 Å². The van der Waals surface area contributed by atoms with E-state index in [4.69, 9.17) is 47.4 Å². The van der Waals surface area contributed by atoms with Crippen molar-refractivity contribution >= 4 is 18.0 Å². The number of hydrogen-bond acceptors (Lipinski definition) is 13. The quantitative estimate of drug-likeness (QED) is 0.209. The topological polar surface area (TPSA) is 159 Å². The molecule has 0 bridgehead atoms. The molecule has 15 nitrogen and oxygen atoms in total. The third-order valence-corrected chi connectivity index (χ3v) is 8.77. The van der Waals surface area contributed by atoms with Crippen LogP contribution in [0.1, 0.15) is 61.3 Å². The zero-order valence-corrected chi connectivity index (χ0v) is 30.3. The van der Waals surface area contributed by atoms with Gasteiger partial charge in [0.25, 0.3) is 0 Å². The Morgan fingerprint density at radius 2 is 1.39 bits per heavy atom. The number of nitrogens with zero attached hydrogens (tertiary/aromatic N) is 1. The van der Waals surface area contributed by atoms with Crippen molar-refractivity contribution in [3.05, 3.63) is 25.3 Å². The number of carbonyl (C=O) groups excluding carboxylic acids is 3. The molecule has 4 heterocycles. The monoisotopic (exact) mass is 698 g/mol. The van der Waals surface area contributed by atoms with Crippen molar-refractivity contribution in [1.82, 2.24) is 10.2 Å². The molecule has 49 heavy (non-hydrogen) atoms. The molecule has 0 spiro atoms. The molecular formula is C34H54N2O13. The number of nitrogens with one attached hydrogen (secondary N) is 1. The fraction of sp³-hybridized carbons (Fsp3) is 0.794. The van der Waals surface area contributed by atoms with Crippen molar-refractivity contribution in [2.24, 2.45) is 5.92 Å². The summed E-state index contributed by atoms with van der Waals surface area (Å²) >= 11 is 0. The number of esters is 1. The second kappa shape index (κ2) is 15.3. The van der Waals surface area contributed by atoms with E-state index in [1.165, 1.54) is 32.3 Å². The molecule has 4 fully saturated rings. The van der Waals surface area contributed by atoms with Crippen LogP contribution in [0.4, 0.5) is 4.79 Å². The smallest absolute Gasteiger partial charge is 0.410 e. The molecule has 0 aromatic rings. The number of ether oxygens (including phenoxy) is 10. The molecule has 0 unspecified atom stereocenters. The number of rotatable bonds is 14. The van der Waals surface area contributed by atoms with Gasteiger partial charge >= 0.3 is 12.1 Å². The van der Waals surface area contributed by atoms with Crippen molar-refractivity contribution in [2.75, 3.05) is 27.9 Å². The van der Waals surface area contributed by atoms with Crippen molar-refractivity contribution in [3.8, 4) is 0 Å². The first-order valence-electron chi connectivity index (χ1n) is 16.6. The minimum atomic E-state index is -0.992. The summed E-state index contributed by atoms with van der Waals surface area (Å²) < 4.78 is 59.3. The molecule has 4 aliphatic heterocycles. The van der Waals surface area contributed by atoms with Gasteiger partial charge in [0, 0.05) is 27.2 Å². The Kier molecular flexibility index (Phi) is 12.2. The Bertz CT molecular complexity index is 1220. The maximum Gasteiger partial charge on any atom is 0.410 e. The van der Waals surface area contributed by atoms with Crippen LogP contribution in [-0.2, 0) is 57.0 Å². The minimum absolute atomic E-state index is 0.0156. The normalized spacial score (nSPS) is 33.1. The molecule has 0 aliphatic carbocycles. The highest BCUT2D eigenvalue weighted by Crippen LogP contribution is 2.42. The lowest BCUT2D eigenvalue weighted by molar-refractivity contribution is -0.223. The molecule has 15 heteroatoms. The van der Waals surface area contributed by atoms with Crippen molar-refractivity contribution in [2.45, 2.75) is 140 Å². The number of hydrogen-bond donors (Lipinski definition) is 1. The van der Waals surface area contributed by atoms with E-state index < -0.39 is 102 Å². The van der Waals surface area contributed by atoms with E-state index in [-0.39, 0.29) is 19.4 Å². The Morgan fingerprint density at radius 1 is 0.857 bits per heavy atom. The summed E-state index contributed by atoms with van der Waals surface area (Å²) in [5.74, 6) is -3.92. The number of amides is 2. The van der Waals surface area contributed by atoms with Crippen molar-refractivity contribution < 1.29 is 61.8 Å². The van der Waals surface area contributed by atoms with Gasteiger partial charge in [-0.15, -0.1) is 13.2 Å². The minimum Gasteiger partial charge on any atom is -0.469 e. The van der Waals surface area contributed by atoms with Gasteiger partial charge in [-0.05, 0) is 54.9 Å². The zero-order valence-electron chi connectivity index (χ0n) is 30.3. The summed E-state index contributed by atoms with van der Waals surface area (Å²) in [4.78, 5) is 42.6. The molecule has 0 aromatic carbocycles. The van der Waals surface area contributed by atoms with Crippen LogP contribution in [0.25, 0.3) is 0 Å². The lowest BCUT2D eigenvalue weighted by Gasteiger charge is -2.38. The summed E-state index contributed by atoms with van der Waals surface area (Å²) in [7, 11) is 4.25. The van der Waals surface area contributed by atoms with E-state index in [9.17, 15) is 14.4 Å². The molecule has 4 rings (SSSR count). The van der Waals surface area contributed by atoms with E-state index in [1.54, 1.807) is 54.5 Å². The molecule has 0 saturated carbocycles. The third-order valence-electron chi connectivity index (χ3n) is 8.77. The van der Waals surface area contributed by atoms with Crippen LogP contribution in [0, 0.1) is 5.92 Å². The van der Waals surface area contributed by atoms with E-state index >= 15 is 0 Å². The second-order valence-corrected chi connectivity index (χ2v) is 14.5. The maximum atomic E-state index is 14.3. The van der Waals surface area contributed by atoms with E-state index in [0.29, 0.717) is 0 Å². The van der Waals surface area contributed by atoms with Gasteiger partial charge in [0.05, 0.1) is 25.1 Å². The zero-order chi connectivity index (χ0) is 36.5. The Hall–Kier alpha value is -2.63. The van der Waals surface area contributed by atoms with Crippen LogP contribution >= 0.6 is 0 Å². The fourth-order valence-corrected chi connectivity index (χ4v) is 6.92. The Labute approximate surface area is 288 Å². The standard InChI is InChI=1S/C34H54N2O13/c1-13-15-18(28(38)42-12)21(23-25(41-11)27-30(44-23)48-34(8,9)46-27)35-20(37)17-19(36(16-14-2)31(39)49-32(3,4)5)22-24(40-10)26-29(43-22)47-33(6,7)45-26/h13-14,18-19,21-27,29-30H,1-2,15-17H2,3-12H3,(H,35,37)/t18-,19-,21-,22+,23+,24-,25-,26+,27+,29+,30+/m0/s1. The highest BCUT2D eigenvalue weighted by atomic mass is 16.9. The summed E-state index contributed by atoms with van der Waals surface area (Å²) in [6, 6.07) is -1.96. The van der Waals surface area contributed by atoms with Gasteiger partial charge in [0.1, 0.15) is 42.2 Å². The van der Waals surface area contributed by atoms with Crippen molar-refractivity contribution in [1.29, 1.82) is 0 Å². The summed E-state index contributed by atoms with van der Waals surface area (Å²) in [5.41, 5.74) is -0.845.